The van der Waals surface area contributed by atoms with E-state index in [2.05, 4.69) is 10.3 Å². The van der Waals surface area contributed by atoms with Crippen LogP contribution in [0.1, 0.15) is 15.9 Å². The summed E-state index contributed by atoms with van der Waals surface area (Å²) in [6, 6.07) is 7.86. The summed E-state index contributed by atoms with van der Waals surface area (Å²) in [5, 5.41) is 2.97. The molecule has 2 aromatic rings. The van der Waals surface area contributed by atoms with Crippen LogP contribution in [-0.2, 0) is 6.54 Å². The molecular formula is C15H16FN3O. The van der Waals surface area contributed by atoms with Crippen LogP contribution < -0.4 is 5.32 Å². The lowest BCUT2D eigenvalue weighted by atomic mass is 10.1. The van der Waals surface area contributed by atoms with E-state index < -0.39 is 0 Å². The van der Waals surface area contributed by atoms with Crippen LogP contribution in [0.5, 0.6) is 0 Å². The number of carbonyl (C=O) groups excluding carboxylic acids is 1. The van der Waals surface area contributed by atoms with Gasteiger partial charge in [0.1, 0.15) is 5.82 Å². The molecule has 20 heavy (non-hydrogen) atoms. The van der Waals surface area contributed by atoms with Gasteiger partial charge in [0.25, 0.3) is 5.91 Å². The normalized spacial score (nSPS) is 10.2. The largest absolute Gasteiger partial charge is 0.387 e. The molecule has 0 radical (unpaired) electrons. The number of aromatic nitrogens is 1. The molecule has 1 heterocycles. The fraction of sp³-hybridized carbons (Fsp3) is 0.200. The lowest BCUT2D eigenvalue weighted by molar-refractivity contribution is 0.0785. The number of hydrogen-bond donors (Lipinski definition) is 1. The minimum Gasteiger partial charge on any atom is -0.387 e. The number of anilines is 1. The zero-order valence-electron chi connectivity index (χ0n) is 11.4. The molecule has 0 saturated carbocycles. The summed E-state index contributed by atoms with van der Waals surface area (Å²) >= 11 is 0. The molecule has 0 atom stereocenters. The number of hydrogen-bond acceptors (Lipinski definition) is 3. The number of halogens is 1. The standard InChI is InChI=1S/C15H16FN3O/c1-17-14-7-8-18-9-13(14)15(20)19(2)10-11-3-5-12(16)6-4-11/h3-9H,10H2,1-2H3,(H,17,18). The van der Waals surface area contributed by atoms with Crippen LogP contribution in [0, 0.1) is 5.82 Å². The van der Waals surface area contributed by atoms with E-state index in [1.165, 1.54) is 18.3 Å². The molecule has 104 valence electrons. The SMILES string of the molecule is CNc1ccncc1C(=O)N(C)Cc1ccc(F)cc1. The van der Waals surface area contributed by atoms with Gasteiger partial charge in [0.05, 0.1) is 5.56 Å². The van der Waals surface area contributed by atoms with Crippen molar-refractivity contribution in [3.63, 3.8) is 0 Å². The van der Waals surface area contributed by atoms with Crippen LogP contribution in [0.4, 0.5) is 10.1 Å². The number of rotatable bonds is 4. The van der Waals surface area contributed by atoms with Gasteiger partial charge in [0.15, 0.2) is 0 Å². The highest BCUT2D eigenvalue weighted by molar-refractivity contribution is 5.99. The van der Waals surface area contributed by atoms with Crippen LogP contribution in [0.15, 0.2) is 42.7 Å². The maximum atomic E-state index is 12.8. The molecule has 0 fully saturated rings. The number of pyridine rings is 1. The van der Waals surface area contributed by atoms with Gasteiger partial charge in [-0.05, 0) is 23.8 Å². The monoisotopic (exact) mass is 273 g/mol. The average molecular weight is 273 g/mol. The highest BCUT2D eigenvalue weighted by Gasteiger charge is 2.15. The van der Waals surface area contributed by atoms with Crippen molar-refractivity contribution >= 4 is 11.6 Å². The van der Waals surface area contributed by atoms with Gasteiger partial charge in [0.2, 0.25) is 0 Å². The van der Waals surface area contributed by atoms with E-state index in [0.717, 1.165) is 11.3 Å². The minimum atomic E-state index is -0.285. The Hall–Kier alpha value is -2.43. The maximum absolute atomic E-state index is 12.8. The minimum absolute atomic E-state index is 0.133. The molecule has 0 aliphatic carbocycles. The highest BCUT2D eigenvalue weighted by Crippen LogP contribution is 2.16. The molecule has 5 heteroatoms. The summed E-state index contributed by atoms with van der Waals surface area (Å²) in [6.07, 6.45) is 3.16. The molecule has 0 aliphatic heterocycles. The number of nitrogens with zero attached hydrogens (tertiary/aromatic N) is 2. The Bertz CT molecular complexity index is 598. The third-order valence-corrected chi connectivity index (χ3v) is 3.00. The van der Waals surface area contributed by atoms with E-state index in [1.54, 1.807) is 43.4 Å². The maximum Gasteiger partial charge on any atom is 0.257 e. The average Bonchev–Trinajstić information content (AvgIpc) is 2.48. The van der Waals surface area contributed by atoms with Crippen molar-refractivity contribution in [3.05, 3.63) is 59.7 Å². The van der Waals surface area contributed by atoms with Crippen molar-refractivity contribution in [3.8, 4) is 0 Å². The zero-order chi connectivity index (χ0) is 14.5. The van der Waals surface area contributed by atoms with E-state index in [4.69, 9.17) is 0 Å². The first-order chi connectivity index (χ1) is 9.61. The van der Waals surface area contributed by atoms with E-state index in [9.17, 15) is 9.18 Å². The number of carbonyl (C=O) groups is 1. The van der Waals surface area contributed by atoms with Gasteiger partial charge in [-0.1, -0.05) is 12.1 Å². The number of benzene rings is 1. The topological polar surface area (TPSA) is 45.2 Å². The first kappa shape index (κ1) is 14.0. The van der Waals surface area contributed by atoms with E-state index >= 15 is 0 Å². The molecule has 0 spiro atoms. The van der Waals surface area contributed by atoms with Crippen LogP contribution in [-0.4, -0.2) is 29.9 Å². The molecule has 1 aromatic carbocycles. The fourth-order valence-corrected chi connectivity index (χ4v) is 1.92. The van der Waals surface area contributed by atoms with Crippen LogP contribution >= 0.6 is 0 Å². The Labute approximate surface area is 117 Å². The second kappa shape index (κ2) is 6.14. The Balaban J connectivity index is 2.14. The van der Waals surface area contributed by atoms with Crippen LogP contribution in [0.2, 0.25) is 0 Å². The molecule has 1 amide bonds. The molecule has 1 N–H and O–H groups in total. The Morgan fingerprint density at radius 2 is 2.00 bits per heavy atom. The summed E-state index contributed by atoms with van der Waals surface area (Å²) in [6.45, 7) is 0.414. The lowest BCUT2D eigenvalue weighted by Gasteiger charge is -2.18. The van der Waals surface area contributed by atoms with E-state index in [1.807, 2.05) is 0 Å². The van der Waals surface area contributed by atoms with E-state index in [0.29, 0.717) is 12.1 Å². The highest BCUT2D eigenvalue weighted by atomic mass is 19.1. The molecule has 0 aliphatic rings. The van der Waals surface area contributed by atoms with Gasteiger partial charge in [-0.15, -0.1) is 0 Å². The molecule has 0 unspecified atom stereocenters. The molecule has 0 saturated heterocycles. The fourth-order valence-electron chi connectivity index (χ4n) is 1.92. The van der Waals surface area contributed by atoms with Gasteiger partial charge < -0.3 is 10.2 Å². The zero-order valence-corrected chi connectivity index (χ0v) is 11.4. The van der Waals surface area contributed by atoms with Crippen molar-refractivity contribution in [2.75, 3.05) is 19.4 Å². The predicted molar refractivity (Wildman–Crippen MR) is 76.0 cm³/mol. The molecular weight excluding hydrogens is 257 g/mol. The van der Waals surface area contributed by atoms with Gasteiger partial charge in [-0.25, -0.2) is 4.39 Å². The summed E-state index contributed by atoms with van der Waals surface area (Å²) in [5.41, 5.74) is 2.12. The summed E-state index contributed by atoms with van der Waals surface area (Å²) in [4.78, 5) is 17.9. The second-order valence-electron chi connectivity index (χ2n) is 4.46. The number of nitrogens with one attached hydrogen (secondary N) is 1. The third-order valence-electron chi connectivity index (χ3n) is 3.00. The summed E-state index contributed by atoms with van der Waals surface area (Å²) in [5.74, 6) is -0.417. The van der Waals surface area contributed by atoms with Gasteiger partial charge in [0, 0.05) is 38.7 Å². The van der Waals surface area contributed by atoms with Crippen molar-refractivity contribution < 1.29 is 9.18 Å². The Kier molecular flexibility index (Phi) is 4.30. The predicted octanol–water partition coefficient (Wildman–Crippen LogP) is 2.53. The third kappa shape index (κ3) is 3.12. The van der Waals surface area contributed by atoms with Gasteiger partial charge in [-0.3, -0.25) is 9.78 Å². The van der Waals surface area contributed by atoms with Crippen LogP contribution in [0.3, 0.4) is 0 Å². The first-order valence-corrected chi connectivity index (χ1v) is 6.23. The quantitative estimate of drug-likeness (QED) is 0.931. The van der Waals surface area contributed by atoms with Crippen molar-refractivity contribution in [2.45, 2.75) is 6.54 Å². The Morgan fingerprint density at radius 3 is 2.65 bits per heavy atom. The van der Waals surface area contributed by atoms with Crippen molar-refractivity contribution in [1.29, 1.82) is 0 Å². The lowest BCUT2D eigenvalue weighted by Crippen LogP contribution is -2.27. The van der Waals surface area contributed by atoms with E-state index in [-0.39, 0.29) is 11.7 Å². The summed E-state index contributed by atoms with van der Waals surface area (Å²) < 4.78 is 12.8. The molecule has 4 nitrogen and oxygen atoms in total. The van der Waals surface area contributed by atoms with Crippen molar-refractivity contribution in [2.24, 2.45) is 0 Å². The molecule has 1 aromatic heterocycles. The van der Waals surface area contributed by atoms with Gasteiger partial charge >= 0.3 is 0 Å². The van der Waals surface area contributed by atoms with Crippen LogP contribution in [0.25, 0.3) is 0 Å². The number of amides is 1. The molecule has 2 rings (SSSR count). The summed E-state index contributed by atoms with van der Waals surface area (Å²) in [7, 11) is 3.46. The van der Waals surface area contributed by atoms with Gasteiger partial charge in [-0.2, -0.15) is 0 Å². The second-order valence-corrected chi connectivity index (χ2v) is 4.46. The first-order valence-electron chi connectivity index (χ1n) is 6.23. The molecule has 0 bridgehead atoms. The Morgan fingerprint density at radius 1 is 1.30 bits per heavy atom. The van der Waals surface area contributed by atoms with Crippen molar-refractivity contribution in [1.82, 2.24) is 9.88 Å². The smallest absolute Gasteiger partial charge is 0.257 e.